The van der Waals surface area contributed by atoms with E-state index in [2.05, 4.69) is 16.0 Å². The predicted octanol–water partition coefficient (Wildman–Crippen LogP) is 3.61. The molecule has 0 radical (unpaired) electrons. The maximum Gasteiger partial charge on any atom is 0.160 e. The number of para-hydroxylation sites is 1. The van der Waals surface area contributed by atoms with Crippen LogP contribution < -0.4 is 0 Å². The molecule has 0 unspecified atom stereocenters. The minimum atomic E-state index is 0.793. The maximum atomic E-state index is 4.60. The van der Waals surface area contributed by atoms with Gasteiger partial charge in [-0.1, -0.05) is 48.5 Å². The third-order valence-electron chi connectivity index (χ3n) is 2.83. The van der Waals surface area contributed by atoms with Crippen LogP contribution in [0.1, 0.15) is 5.69 Å². The molecule has 0 atom stereocenters. The first-order valence-corrected chi connectivity index (χ1v) is 5.63. The zero-order chi connectivity index (χ0) is 11.7. The number of rotatable bonds is 1. The highest BCUT2D eigenvalue weighted by Crippen LogP contribution is 2.20. The molecule has 0 N–H and O–H groups in total. The van der Waals surface area contributed by atoms with Gasteiger partial charge in [-0.25, -0.2) is 9.97 Å². The predicted molar refractivity (Wildman–Crippen MR) is 69.7 cm³/mol. The number of aryl methyl sites for hydroxylation is 1. The van der Waals surface area contributed by atoms with Crippen molar-refractivity contribution in [1.29, 1.82) is 0 Å². The van der Waals surface area contributed by atoms with Crippen molar-refractivity contribution in [2.45, 2.75) is 6.92 Å². The standard InChI is InChI=1S/C15H12N2/c1-11-13-9-5-6-10-14(13)17-15(16-11)12-7-3-2-4-8-12/h2-10H,1H3. The van der Waals surface area contributed by atoms with E-state index in [1.165, 1.54) is 0 Å². The van der Waals surface area contributed by atoms with Crippen LogP contribution in [0.4, 0.5) is 0 Å². The summed E-state index contributed by atoms with van der Waals surface area (Å²) >= 11 is 0. The van der Waals surface area contributed by atoms with Gasteiger partial charge in [-0.3, -0.25) is 0 Å². The summed E-state index contributed by atoms with van der Waals surface area (Å²) < 4.78 is 0. The van der Waals surface area contributed by atoms with Crippen molar-refractivity contribution in [2.75, 3.05) is 0 Å². The van der Waals surface area contributed by atoms with Crippen molar-refractivity contribution in [2.24, 2.45) is 0 Å². The van der Waals surface area contributed by atoms with E-state index in [1.807, 2.05) is 55.5 Å². The zero-order valence-corrected chi connectivity index (χ0v) is 9.59. The second-order valence-electron chi connectivity index (χ2n) is 4.02. The van der Waals surface area contributed by atoms with Crippen LogP contribution in [0.15, 0.2) is 54.6 Å². The van der Waals surface area contributed by atoms with Crippen LogP contribution in [-0.2, 0) is 0 Å². The van der Waals surface area contributed by atoms with E-state index in [0.717, 1.165) is 28.0 Å². The summed E-state index contributed by atoms with van der Waals surface area (Å²) in [5.41, 5.74) is 3.08. The number of nitrogens with zero attached hydrogens (tertiary/aromatic N) is 2. The minimum absolute atomic E-state index is 0.793. The first-order chi connectivity index (χ1) is 8.34. The van der Waals surface area contributed by atoms with Crippen LogP contribution in [0.2, 0.25) is 0 Å². The summed E-state index contributed by atoms with van der Waals surface area (Å²) in [4.78, 5) is 9.16. The van der Waals surface area contributed by atoms with E-state index in [0.29, 0.717) is 0 Å². The van der Waals surface area contributed by atoms with Gasteiger partial charge in [-0.2, -0.15) is 0 Å². The van der Waals surface area contributed by atoms with Gasteiger partial charge in [0.25, 0.3) is 0 Å². The summed E-state index contributed by atoms with van der Waals surface area (Å²) in [6.07, 6.45) is 0. The van der Waals surface area contributed by atoms with Gasteiger partial charge in [0.15, 0.2) is 5.82 Å². The number of benzene rings is 2. The molecule has 2 heteroatoms. The van der Waals surface area contributed by atoms with Gasteiger partial charge < -0.3 is 0 Å². The molecule has 3 aromatic rings. The van der Waals surface area contributed by atoms with Gasteiger partial charge in [0.2, 0.25) is 0 Å². The fraction of sp³-hybridized carbons (Fsp3) is 0.0667. The normalized spacial score (nSPS) is 10.6. The van der Waals surface area contributed by atoms with Crippen molar-refractivity contribution < 1.29 is 0 Å². The molecule has 0 saturated carbocycles. The average Bonchev–Trinajstić information content (AvgIpc) is 2.40. The molecule has 2 nitrogen and oxygen atoms in total. The van der Waals surface area contributed by atoms with Gasteiger partial charge in [0.05, 0.1) is 5.52 Å². The van der Waals surface area contributed by atoms with Crippen LogP contribution in [0.5, 0.6) is 0 Å². The van der Waals surface area contributed by atoms with Crippen molar-refractivity contribution in [1.82, 2.24) is 9.97 Å². The molecule has 1 aromatic heterocycles. The summed E-state index contributed by atoms with van der Waals surface area (Å²) in [6.45, 7) is 2.02. The second kappa shape index (κ2) is 3.98. The minimum Gasteiger partial charge on any atom is -0.233 e. The van der Waals surface area contributed by atoms with Crippen molar-refractivity contribution in [3.8, 4) is 11.4 Å². The third-order valence-corrected chi connectivity index (χ3v) is 2.83. The molecule has 3 rings (SSSR count). The van der Waals surface area contributed by atoms with Crippen LogP contribution in [-0.4, -0.2) is 9.97 Å². The largest absolute Gasteiger partial charge is 0.233 e. The van der Waals surface area contributed by atoms with E-state index >= 15 is 0 Å². The molecule has 82 valence electrons. The molecular weight excluding hydrogens is 208 g/mol. The highest BCUT2D eigenvalue weighted by atomic mass is 14.9. The number of aromatic nitrogens is 2. The maximum absolute atomic E-state index is 4.60. The lowest BCUT2D eigenvalue weighted by Crippen LogP contribution is -1.93. The lowest BCUT2D eigenvalue weighted by Gasteiger charge is -2.05. The summed E-state index contributed by atoms with van der Waals surface area (Å²) in [7, 11) is 0. The Labute approximate surface area is 100.0 Å². The third kappa shape index (κ3) is 1.78. The van der Waals surface area contributed by atoms with Gasteiger partial charge >= 0.3 is 0 Å². The first-order valence-electron chi connectivity index (χ1n) is 5.63. The lowest BCUT2D eigenvalue weighted by atomic mass is 10.1. The molecule has 0 aliphatic heterocycles. The average molecular weight is 220 g/mol. The molecular formula is C15H12N2. The Morgan fingerprint density at radius 3 is 2.29 bits per heavy atom. The van der Waals surface area contributed by atoms with Crippen molar-refractivity contribution in [3.05, 3.63) is 60.3 Å². The fourth-order valence-electron chi connectivity index (χ4n) is 1.95. The highest BCUT2D eigenvalue weighted by Gasteiger charge is 2.05. The van der Waals surface area contributed by atoms with Crippen LogP contribution in [0.3, 0.4) is 0 Å². The van der Waals surface area contributed by atoms with Gasteiger partial charge in [0, 0.05) is 16.6 Å². The molecule has 0 aliphatic carbocycles. The topological polar surface area (TPSA) is 25.8 Å². The highest BCUT2D eigenvalue weighted by molar-refractivity contribution is 5.82. The van der Waals surface area contributed by atoms with Crippen LogP contribution in [0, 0.1) is 6.92 Å². The van der Waals surface area contributed by atoms with E-state index < -0.39 is 0 Å². The molecule has 0 spiro atoms. The Bertz CT molecular complexity index is 660. The summed E-state index contributed by atoms with van der Waals surface area (Å²) in [5.74, 6) is 0.793. The molecule has 0 amide bonds. The van der Waals surface area contributed by atoms with Gasteiger partial charge in [-0.15, -0.1) is 0 Å². The molecule has 0 aliphatic rings. The lowest BCUT2D eigenvalue weighted by molar-refractivity contribution is 1.16. The fourth-order valence-corrected chi connectivity index (χ4v) is 1.95. The van der Waals surface area contributed by atoms with E-state index in [-0.39, 0.29) is 0 Å². The smallest absolute Gasteiger partial charge is 0.160 e. The Kier molecular flexibility index (Phi) is 2.33. The summed E-state index contributed by atoms with van der Waals surface area (Å²) in [5, 5.41) is 1.12. The van der Waals surface area contributed by atoms with E-state index in [4.69, 9.17) is 0 Å². The van der Waals surface area contributed by atoms with Gasteiger partial charge in [-0.05, 0) is 13.0 Å². The SMILES string of the molecule is Cc1nc(-c2ccccc2)nc2ccccc12. The Balaban J connectivity index is 2.26. The quantitative estimate of drug-likeness (QED) is 0.626. The number of hydrogen-bond acceptors (Lipinski definition) is 2. The molecule has 1 heterocycles. The molecule has 2 aromatic carbocycles. The Hall–Kier alpha value is -2.22. The van der Waals surface area contributed by atoms with E-state index in [1.54, 1.807) is 0 Å². The second-order valence-corrected chi connectivity index (χ2v) is 4.02. The number of hydrogen-bond donors (Lipinski definition) is 0. The van der Waals surface area contributed by atoms with Gasteiger partial charge in [0.1, 0.15) is 0 Å². The molecule has 17 heavy (non-hydrogen) atoms. The van der Waals surface area contributed by atoms with E-state index in [9.17, 15) is 0 Å². The Morgan fingerprint density at radius 2 is 1.47 bits per heavy atom. The monoisotopic (exact) mass is 220 g/mol. The van der Waals surface area contributed by atoms with Crippen molar-refractivity contribution in [3.63, 3.8) is 0 Å². The summed E-state index contributed by atoms with van der Waals surface area (Å²) in [6, 6.07) is 18.2. The van der Waals surface area contributed by atoms with Crippen LogP contribution in [0.25, 0.3) is 22.3 Å². The Morgan fingerprint density at radius 1 is 0.765 bits per heavy atom. The van der Waals surface area contributed by atoms with Crippen molar-refractivity contribution >= 4 is 10.9 Å². The van der Waals surface area contributed by atoms with Crippen LogP contribution >= 0.6 is 0 Å². The first kappa shape index (κ1) is 9.97. The molecule has 0 bridgehead atoms. The molecule has 0 fully saturated rings. The zero-order valence-electron chi connectivity index (χ0n) is 9.59. The molecule has 0 saturated heterocycles. The number of fused-ring (bicyclic) bond motifs is 1.